The van der Waals surface area contributed by atoms with Crippen molar-refractivity contribution in [1.82, 2.24) is 5.32 Å². The van der Waals surface area contributed by atoms with Crippen LogP contribution in [0.2, 0.25) is 0 Å². The van der Waals surface area contributed by atoms with Crippen molar-refractivity contribution in [3.05, 3.63) is 45.8 Å². The molecule has 0 bridgehead atoms. The van der Waals surface area contributed by atoms with Crippen LogP contribution in [0, 0.1) is 13.8 Å². The molecule has 21 heavy (non-hydrogen) atoms. The summed E-state index contributed by atoms with van der Waals surface area (Å²) in [4.78, 5) is 0.206. The molecule has 2 N–H and O–H groups in total. The van der Waals surface area contributed by atoms with E-state index in [4.69, 9.17) is 4.42 Å². The van der Waals surface area contributed by atoms with Crippen molar-refractivity contribution < 1.29 is 12.8 Å². The lowest BCUT2D eigenvalue weighted by molar-refractivity contribution is 0.494. The van der Waals surface area contributed by atoms with Gasteiger partial charge in [0.15, 0.2) is 0 Å². The van der Waals surface area contributed by atoms with Gasteiger partial charge >= 0.3 is 0 Å². The van der Waals surface area contributed by atoms with Gasteiger partial charge in [0.1, 0.15) is 16.4 Å². The van der Waals surface area contributed by atoms with E-state index in [9.17, 15) is 8.42 Å². The number of halogens is 1. The summed E-state index contributed by atoms with van der Waals surface area (Å²) in [6.07, 6.45) is 0. The molecule has 1 aromatic heterocycles. The molecular weight excluding hydrogens is 356 g/mol. The molecule has 0 spiro atoms. The van der Waals surface area contributed by atoms with Crippen molar-refractivity contribution in [1.29, 1.82) is 0 Å². The fourth-order valence-electron chi connectivity index (χ4n) is 2.17. The number of rotatable bonds is 5. The quantitative estimate of drug-likeness (QED) is 0.845. The number of sulfonamides is 1. The van der Waals surface area contributed by atoms with Crippen LogP contribution in [-0.2, 0) is 16.6 Å². The van der Waals surface area contributed by atoms with Gasteiger partial charge in [-0.2, -0.15) is 0 Å². The zero-order chi connectivity index (χ0) is 15.6. The summed E-state index contributed by atoms with van der Waals surface area (Å²) in [6.45, 7) is 3.85. The summed E-state index contributed by atoms with van der Waals surface area (Å²) in [5.41, 5.74) is 1.16. The third-order valence-electron chi connectivity index (χ3n) is 3.04. The van der Waals surface area contributed by atoms with Crippen molar-refractivity contribution in [3.8, 4) is 0 Å². The first-order valence-electron chi connectivity index (χ1n) is 6.37. The minimum atomic E-state index is -3.69. The Morgan fingerprint density at radius 3 is 2.33 bits per heavy atom. The maximum absolute atomic E-state index is 12.6. The molecule has 7 heteroatoms. The van der Waals surface area contributed by atoms with Crippen molar-refractivity contribution in [2.75, 3.05) is 11.8 Å². The average Bonchev–Trinajstić information content (AvgIpc) is 2.68. The second kappa shape index (κ2) is 6.21. The summed E-state index contributed by atoms with van der Waals surface area (Å²) in [7, 11) is -1.92. The van der Waals surface area contributed by atoms with Crippen molar-refractivity contribution in [2.45, 2.75) is 25.3 Å². The monoisotopic (exact) mass is 372 g/mol. The van der Waals surface area contributed by atoms with E-state index in [-0.39, 0.29) is 4.90 Å². The number of benzene rings is 1. The van der Waals surface area contributed by atoms with E-state index in [2.05, 4.69) is 26.0 Å². The first kappa shape index (κ1) is 16.1. The van der Waals surface area contributed by atoms with Gasteiger partial charge in [-0.25, -0.2) is 8.42 Å². The molecule has 1 aromatic carbocycles. The standard InChI is InChI=1S/C14H17BrN2O3S/c1-9-13(8-16-3)14(10(2)20-9)21(18,19)17-12-6-4-11(15)5-7-12/h4-7,16-17H,8H2,1-3H3. The fourth-order valence-corrected chi connectivity index (χ4v) is 3.94. The van der Waals surface area contributed by atoms with E-state index >= 15 is 0 Å². The maximum Gasteiger partial charge on any atom is 0.265 e. The van der Waals surface area contributed by atoms with Gasteiger partial charge in [0.2, 0.25) is 0 Å². The van der Waals surface area contributed by atoms with Crippen molar-refractivity contribution in [3.63, 3.8) is 0 Å². The Labute approximate surface area is 132 Å². The molecule has 1 heterocycles. The van der Waals surface area contributed by atoms with Crippen LogP contribution < -0.4 is 10.0 Å². The molecule has 0 aliphatic rings. The van der Waals surface area contributed by atoms with Gasteiger partial charge in [0.05, 0.1) is 0 Å². The molecule has 2 aromatic rings. The lowest BCUT2D eigenvalue weighted by atomic mass is 10.2. The molecule has 0 unspecified atom stereocenters. The summed E-state index contributed by atoms with van der Waals surface area (Å²) < 4.78 is 34.2. The van der Waals surface area contributed by atoms with Crippen molar-refractivity contribution >= 4 is 31.6 Å². The zero-order valence-electron chi connectivity index (χ0n) is 12.0. The fraction of sp³-hybridized carbons (Fsp3) is 0.286. The van der Waals surface area contributed by atoms with E-state index in [0.29, 0.717) is 29.3 Å². The molecule has 0 saturated carbocycles. The minimum Gasteiger partial charge on any atom is -0.465 e. The largest absolute Gasteiger partial charge is 0.465 e. The molecule has 0 aliphatic heterocycles. The molecule has 0 saturated heterocycles. The Hall–Kier alpha value is -1.31. The second-order valence-corrected chi connectivity index (χ2v) is 7.20. The molecule has 114 valence electrons. The van der Waals surface area contributed by atoms with Crippen LogP contribution >= 0.6 is 15.9 Å². The predicted octanol–water partition coefficient (Wildman–Crippen LogP) is 3.18. The first-order valence-corrected chi connectivity index (χ1v) is 8.64. The van der Waals surface area contributed by atoms with Crippen LogP contribution in [0.3, 0.4) is 0 Å². The van der Waals surface area contributed by atoms with Gasteiger partial charge in [0, 0.05) is 22.3 Å². The second-order valence-electron chi connectivity index (χ2n) is 4.66. The summed E-state index contributed by atoms with van der Waals surface area (Å²) in [5, 5.41) is 2.96. The van der Waals surface area contributed by atoms with Gasteiger partial charge in [-0.1, -0.05) is 15.9 Å². The van der Waals surface area contributed by atoms with E-state index in [1.165, 1.54) is 0 Å². The lowest BCUT2D eigenvalue weighted by Crippen LogP contribution is -2.17. The highest BCUT2D eigenvalue weighted by atomic mass is 79.9. The van der Waals surface area contributed by atoms with E-state index in [1.807, 2.05) is 0 Å². The highest BCUT2D eigenvalue weighted by Crippen LogP contribution is 2.28. The normalized spacial score (nSPS) is 11.6. The number of aryl methyl sites for hydroxylation is 2. The molecule has 2 rings (SSSR count). The molecule has 0 aliphatic carbocycles. The SMILES string of the molecule is CNCc1c(C)oc(C)c1S(=O)(=O)Nc1ccc(Br)cc1. The minimum absolute atomic E-state index is 0.206. The third kappa shape index (κ3) is 3.48. The van der Waals surface area contributed by atoms with Gasteiger partial charge in [0.25, 0.3) is 10.0 Å². The van der Waals surface area contributed by atoms with Crippen molar-refractivity contribution in [2.24, 2.45) is 0 Å². The van der Waals surface area contributed by atoms with Crippen LogP contribution in [0.25, 0.3) is 0 Å². The number of anilines is 1. The van der Waals surface area contributed by atoms with Crippen LogP contribution in [0.5, 0.6) is 0 Å². The molecular formula is C14H17BrN2O3S. The summed E-state index contributed by atoms with van der Waals surface area (Å²) >= 11 is 3.32. The van der Waals surface area contributed by atoms with Gasteiger partial charge in [-0.3, -0.25) is 4.72 Å². The number of furan rings is 1. The molecule has 5 nitrogen and oxygen atoms in total. The number of hydrogen-bond acceptors (Lipinski definition) is 4. The van der Waals surface area contributed by atoms with Crippen LogP contribution in [-0.4, -0.2) is 15.5 Å². The van der Waals surface area contributed by atoms with Gasteiger partial charge < -0.3 is 9.73 Å². The number of nitrogens with one attached hydrogen (secondary N) is 2. The molecule has 0 fully saturated rings. The van der Waals surface area contributed by atoms with Crippen LogP contribution in [0.1, 0.15) is 17.1 Å². The van der Waals surface area contributed by atoms with Crippen LogP contribution in [0.4, 0.5) is 5.69 Å². The molecule has 0 atom stereocenters. The Kier molecular flexibility index (Phi) is 4.75. The summed E-state index contributed by atoms with van der Waals surface area (Å²) in [5.74, 6) is 1.00. The van der Waals surface area contributed by atoms with Gasteiger partial charge in [-0.15, -0.1) is 0 Å². The summed E-state index contributed by atoms with van der Waals surface area (Å²) in [6, 6.07) is 6.95. The first-order chi connectivity index (χ1) is 9.85. The highest BCUT2D eigenvalue weighted by Gasteiger charge is 2.26. The number of hydrogen-bond donors (Lipinski definition) is 2. The Bertz CT molecular complexity index is 736. The lowest BCUT2D eigenvalue weighted by Gasteiger charge is -2.09. The molecule has 0 amide bonds. The predicted molar refractivity (Wildman–Crippen MR) is 85.9 cm³/mol. The van der Waals surface area contributed by atoms with Gasteiger partial charge in [-0.05, 0) is 45.2 Å². The Morgan fingerprint density at radius 1 is 1.14 bits per heavy atom. The van der Waals surface area contributed by atoms with E-state index in [0.717, 1.165) is 4.47 Å². The topological polar surface area (TPSA) is 71.3 Å². The van der Waals surface area contributed by atoms with E-state index in [1.54, 1.807) is 45.2 Å². The molecule has 0 radical (unpaired) electrons. The Balaban J connectivity index is 2.42. The smallest absolute Gasteiger partial charge is 0.265 e. The Morgan fingerprint density at radius 2 is 1.76 bits per heavy atom. The third-order valence-corrected chi connectivity index (χ3v) is 5.15. The van der Waals surface area contributed by atoms with E-state index < -0.39 is 10.0 Å². The zero-order valence-corrected chi connectivity index (χ0v) is 14.4. The maximum atomic E-state index is 12.6. The van der Waals surface area contributed by atoms with Crippen LogP contribution in [0.15, 0.2) is 38.1 Å². The highest BCUT2D eigenvalue weighted by molar-refractivity contribution is 9.10. The average molecular weight is 373 g/mol.